The first-order valence-corrected chi connectivity index (χ1v) is 12.1. The van der Waals surface area contributed by atoms with Crippen LogP contribution in [0.1, 0.15) is 26.4 Å². The van der Waals surface area contributed by atoms with Crippen molar-refractivity contribution in [1.82, 2.24) is 5.01 Å². The molecule has 2 aliphatic rings. The van der Waals surface area contributed by atoms with Crippen molar-refractivity contribution in [3.05, 3.63) is 93.2 Å². The highest BCUT2D eigenvalue weighted by molar-refractivity contribution is 8.27. The van der Waals surface area contributed by atoms with Crippen LogP contribution in [-0.2, 0) is 11.2 Å². The summed E-state index contributed by atoms with van der Waals surface area (Å²) in [4.78, 5) is 30.2. The van der Waals surface area contributed by atoms with Crippen molar-refractivity contribution < 1.29 is 14.3 Å². The molecule has 0 bridgehead atoms. The van der Waals surface area contributed by atoms with Crippen LogP contribution < -0.4 is 4.74 Å². The highest BCUT2D eigenvalue weighted by Gasteiger charge is 2.35. The predicted molar refractivity (Wildman–Crippen MR) is 136 cm³/mol. The molecule has 3 aromatic rings. The number of amides is 1. The molecule has 3 heterocycles. The van der Waals surface area contributed by atoms with Crippen molar-refractivity contribution in [3.63, 3.8) is 0 Å². The number of thiophene rings is 1. The average Bonchev–Trinajstić information content (AvgIpc) is 3.48. The lowest BCUT2D eigenvalue weighted by molar-refractivity contribution is -0.114. The van der Waals surface area contributed by atoms with Crippen molar-refractivity contribution in [2.75, 3.05) is 0 Å². The van der Waals surface area contributed by atoms with E-state index in [0.717, 1.165) is 15.5 Å². The van der Waals surface area contributed by atoms with Crippen LogP contribution in [0.3, 0.4) is 0 Å². The minimum absolute atomic E-state index is 0.0152. The molecular weight excluding hydrogens is 468 g/mol. The zero-order chi connectivity index (χ0) is 23.7. The Labute approximate surface area is 204 Å². The highest BCUT2D eigenvalue weighted by atomic mass is 32.2. The van der Waals surface area contributed by atoms with E-state index in [9.17, 15) is 9.59 Å². The molecule has 2 aromatic carbocycles. The minimum Gasteiger partial charge on any atom is -0.423 e. The lowest BCUT2D eigenvalue weighted by atomic mass is 10.1. The van der Waals surface area contributed by atoms with E-state index in [1.165, 1.54) is 16.8 Å². The summed E-state index contributed by atoms with van der Waals surface area (Å²) >= 11 is 2.95. The number of nitrogens with one attached hydrogen (secondary N) is 1. The number of benzene rings is 2. The number of aryl methyl sites for hydroxylation is 1. The number of esters is 1. The van der Waals surface area contributed by atoms with Gasteiger partial charge in [0.15, 0.2) is 5.84 Å². The molecule has 0 spiro atoms. The third kappa shape index (κ3) is 4.61. The molecule has 0 fully saturated rings. The molecule has 1 aromatic heterocycles. The zero-order valence-corrected chi connectivity index (χ0v) is 19.7. The van der Waals surface area contributed by atoms with Crippen LogP contribution in [-0.4, -0.2) is 32.9 Å². The van der Waals surface area contributed by atoms with E-state index in [1.807, 2.05) is 36.6 Å². The van der Waals surface area contributed by atoms with E-state index < -0.39 is 11.9 Å². The Morgan fingerprint density at radius 3 is 2.59 bits per heavy atom. The van der Waals surface area contributed by atoms with Crippen molar-refractivity contribution in [3.8, 4) is 5.75 Å². The maximum absolute atomic E-state index is 12.6. The summed E-state index contributed by atoms with van der Waals surface area (Å²) in [6, 6.07) is 17.9. The number of hydrogen-bond acceptors (Lipinski definition) is 7. The molecule has 0 saturated heterocycles. The standard InChI is InChI=1S/C25H18N4O3S2/c1-15-4-8-17(9-5-15)24(31)32-18-10-6-16(7-11-18)13-20-22(26)29-25(27-23(20)30)34-21(28-29)14-19-3-2-12-33-19/h2-13,26H,14H2,1H3/b20-13+,26-22?. The van der Waals surface area contributed by atoms with Gasteiger partial charge >= 0.3 is 5.97 Å². The van der Waals surface area contributed by atoms with Gasteiger partial charge in [-0.25, -0.2) is 4.79 Å². The molecule has 7 nitrogen and oxygen atoms in total. The number of thioether (sulfide) groups is 1. The third-order valence-corrected chi connectivity index (χ3v) is 6.88. The summed E-state index contributed by atoms with van der Waals surface area (Å²) in [5.41, 5.74) is 2.35. The molecule has 1 N–H and O–H groups in total. The Morgan fingerprint density at radius 2 is 1.88 bits per heavy atom. The van der Waals surface area contributed by atoms with Gasteiger partial charge in [-0.3, -0.25) is 10.2 Å². The highest BCUT2D eigenvalue weighted by Crippen LogP contribution is 2.30. The van der Waals surface area contributed by atoms with Gasteiger partial charge in [0.25, 0.3) is 5.91 Å². The normalized spacial score (nSPS) is 16.4. The van der Waals surface area contributed by atoms with Gasteiger partial charge in [-0.05, 0) is 66.0 Å². The fourth-order valence-corrected chi connectivity index (χ4v) is 5.03. The molecule has 0 aliphatic carbocycles. The molecular formula is C25H18N4O3S2. The van der Waals surface area contributed by atoms with Gasteiger partial charge in [-0.1, -0.05) is 35.9 Å². The number of fused-ring (bicyclic) bond motifs is 1. The fraction of sp³-hybridized carbons (Fsp3) is 0.0800. The summed E-state index contributed by atoms with van der Waals surface area (Å²) in [6.07, 6.45) is 2.23. The molecule has 5 rings (SSSR count). The third-order valence-electron chi connectivity index (χ3n) is 5.09. The SMILES string of the molecule is Cc1ccc(C(=O)Oc2ccc(/C=C3\C(=N)N4N=C(Cc5cccs5)SC4=NC3=O)cc2)cc1. The summed E-state index contributed by atoms with van der Waals surface area (Å²) in [7, 11) is 0. The zero-order valence-electron chi connectivity index (χ0n) is 18.0. The molecule has 2 aliphatic heterocycles. The summed E-state index contributed by atoms with van der Waals surface area (Å²) in [6.45, 7) is 1.95. The number of carbonyl (C=O) groups is 2. The van der Waals surface area contributed by atoms with E-state index in [2.05, 4.69) is 10.1 Å². The van der Waals surface area contributed by atoms with Crippen LogP contribution in [0.5, 0.6) is 5.75 Å². The summed E-state index contributed by atoms with van der Waals surface area (Å²) in [5, 5.41) is 17.6. The second-order valence-corrected chi connectivity index (χ2v) is 9.67. The van der Waals surface area contributed by atoms with E-state index >= 15 is 0 Å². The van der Waals surface area contributed by atoms with E-state index in [4.69, 9.17) is 10.1 Å². The van der Waals surface area contributed by atoms with Crippen LogP contribution in [0, 0.1) is 12.3 Å². The lowest BCUT2D eigenvalue weighted by Gasteiger charge is -2.20. The number of ether oxygens (including phenoxy) is 1. The van der Waals surface area contributed by atoms with Crippen molar-refractivity contribution in [1.29, 1.82) is 5.41 Å². The van der Waals surface area contributed by atoms with Gasteiger partial charge in [0.05, 0.1) is 11.1 Å². The lowest BCUT2D eigenvalue weighted by Crippen LogP contribution is -2.35. The van der Waals surface area contributed by atoms with Gasteiger partial charge in [0.2, 0.25) is 5.17 Å². The Morgan fingerprint density at radius 1 is 1.12 bits per heavy atom. The van der Waals surface area contributed by atoms with Gasteiger partial charge in [-0.2, -0.15) is 15.1 Å². The number of amidine groups is 2. The van der Waals surface area contributed by atoms with Crippen LogP contribution in [0.15, 0.2) is 81.7 Å². The Bertz CT molecular complexity index is 1370. The molecule has 0 unspecified atom stereocenters. The number of aliphatic imine (C=N–C) groups is 1. The molecule has 0 radical (unpaired) electrons. The number of rotatable bonds is 5. The van der Waals surface area contributed by atoms with Gasteiger partial charge in [0.1, 0.15) is 10.8 Å². The summed E-state index contributed by atoms with van der Waals surface area (Å²) < 4.78 is 5.42. The van der Waals surface area contributed by atoms with Gasteiger partial charge in [0, 0.05) is 11.3 Å². The number of hydrogen-bond donors (Lipinski definition) is 1. The average molecular weight is 487 g/mol. The molecule has 34 heavy (non-hydrogen) atoms. The van der Waals surface area contributed by atoms with Crippen LogP contribution >= 0.6 is 23.1 Å². The van der Waals surface area contributed by atoms with E-state index in [-0.39, 0.29) is 11.4 Å². The maximum atomic E-state index is 12.6. The van der Waals surface area contributed by atoms with Gasteiger partial charge in [-0.15, -0.1) is 11.3 Å². The summed E-state index contributed by atoms with van der Waals surface area (Å²) in [5.74, 6) is -0.554. The monoisotopic (exact) mass is 486 g/mol. The van der Waals surface area contributed by atoms with Crippen LogP contribution in [0.2, 0.25) is 0 Å². The maximum Gasteiger partial charge on any atom is 0.343 e. The first-order valence-electron chi connectivity index (χ1n) is 10.4. The quantitative estimate of drug-likeness (QED) is 0.306. The predicted octanol–water partition coefficient (Wildman–Crippen LogP) is 5.14. The topological polar surface area (TPSA) is 95.2 Å². The first kappa shape index (κ1) is 22.0. The van der Waals surface area contributed by atoms with Crippen LogP contribution in [0.25, 0.3) is 6.08 Å². The molecule has 0 atom stereocenters. The largest absolute Gasteiger partial charge is 0.423 e. The Kier molecular flexibility index (Phi) is 5.95. The number of carbonyl (C=O) groups excluding carboxylic acids is 2. The molecule has 9 heteroatoms. The van der Waals surface area contributed by atoms with Crippen molar-refractivity contribution >= 4 is 57.1 Å². The first-order chi connectivity index (χ1) is 16.5. The number of hydrazone groups is 1. The van der Waals surface area contributed by atoms with E-state index in [0.29, 0.717) is 28.5 Å². The minimum atomic E-state index is -0.480. The smallest absolute Gasteiger partial charge is 0.343 e. The molecule has 1 amide bonds. The number of nitrogens with zero attached hydrogens (tertiary/aromatic N) is 3. The second kappa shape index (κ2) is 9.20. The molecule has 0 saturated carbocycles. The van der Waals surface area contributed by atoms with E-state index in [1.54, 1.807) is 53.8 Å². The van der Waals surface area contributed by atoms with Gasteiger partial charge < -0.3 is 4.74 Å². The molecule has 168 valence electrons. The fourth-order valence-electron chi connectivity index (χ4n) is 3.32. The Hall–Kier alpha value is -3.82. The van der Waals surface area contributed by atoms with Crippen LogP contribution in [0.4, 0.5) is 0 Å². The van der Waals surface area contributed by atoms with Crippen molar-refractivity contribution in [2.45, 2.75) is 13.3 Å². The second-order valence-electron chi connectivity index (χ2n) is 7.59. The van der Waals surface area contributed by atoms with Crippen molar-refractivity contribution in [2.24, 2.45) is 10.1 Å². The Balaban J connectivity index is 1.30.